The van der Waals surface area contributed by atoms with Crippen molar-refractivity contribution in [2.45, 2.75) is 33.7 Å². The number of aromatic nitrogens is 2. The van der Waals surface area contributed by atoms with Gasteiger partial charge in [-0.2, -0.15) is 0 Å². The molecule has 0 spiro atoms. The van der Waals surface area contributed by atoms with Gasteiger partial charge in [0, 0.05) is 17.8 Å². The fourth-order valence-electron chi connectivity index (χ4n) is 1.30. The molecule has 1 unspecified atom stereocenters. The Morgan fingerprint density at radius 2 is 2.11 bits per heavy atom. The van der Waals surface area contributed by atoms with Crippen molar-refractivity contribution in [2.24, 2.45) is 5.41 Å². The minimum absolute atomic E-state index is 0.0266. The molecule has 0 aromatic carbocycles. The average Bonchev–Trinajstić information content (AvgIpc) is 2.77. The maximum Gasteiger partial charge on any atom is 0.239 e. The van der Waals surface area contributed by atoms with E-state index in [-0.39, 0.29) is 24.4 Å². The Morgan fingerprint density at radius 3 is 2.61 bits per heavy atom. The van der Waals surface area contributed by atoms with Crippen molar-refractivity contribution >= 4 is 11.8 Å². The van der Waals surface area contributed by atoms with E-state index in [1.807, 2.05) is 6.92 Å². The lowest BCUT2D eigenvalue weighted by molar-refractivity contribution is -0.131. The van der Waals surface area contributed by atoms with Crippen molar-refractivity contribution in [1.82, 2.24) is 20.6 Å². The van der Waals surface area contributed by atoms with Crippen LogP contribution in [0.25, 0.3) is 0 Å². The highest BCUT2D eigenvalue weighted by atomic mass is 16.2. The molecule has 0 radical (unpaired) electrons. The fourth-order valence-corrected chi connectivity index (χ4v) is 1.30. The first-order valence-corrected chi connectivity index (χ1v) is 5.87. The number of hydrogen-bond donors (Lipinski definition) is 3. The standard InChI is InChI=1S/C12H20N4O2/c1-8(10-13-5-6-14-10)16-9(17)7-15-11(18)12(2,3)4/h5-6,8H,7H2,1-4H3,(H,13,14)(H,15,18)(H,16,17). The molecule has 6 nitrogen and oxygen atoms in total. The lowest BCUT2D eigenvalue weighted by Crippen LogP contribution is -2.42. The predicted molar refractivity (Wildman–Crippen MR) is 67.6 cm³/mol. The Kier molecular flexibility index (Phi) is 4.47. The van der Waals surface area contributed by atoms with Crippen molar-refractivity contribution in [3.63, 3.8) is 0 Å². The molecule has 1 heterocycles. The third kappa shape index (κ3) is 4.20. The number of rotatable bonds is 4. The second-order valence-electron chi connectivity index (χ2n) is 5.20. The smallest absolute Gasteiger partial charge is 0.239 e. The van der Waals surface area contributed by atoms with Crippen LogP contribution in [0.2, 0.25) is 0 Å². The van der Waals surface area contributed by atoms with Gasteiger partial charge in [0.05, 0.1) is 12.6 Å². The first-order valence-electron chi connectivity index (χ1n) is 5.87. The average molecular weight is 252 g/mol. The lowest BCUT2D eigenvalue weighted by Gasteiger charge is -2.18. The number of hydrogen-bond acceptors (Lipinski definition) is 3. The number of nitrogens with zero attached hydrogens (tertiary/aromatic N) is 1. The summed E-state index contributed by atoms with van der Waals surface area (Å²) in [6.45, 7) is 7.19. The van der Waals surface area contributed by atoms with Gasteiger partial charge in [0.2, 0.25) is 11.8 Å². The number of carbonyl (C=O) groups is 2. The van der Waals surface area contributed by atoms with E-state index in [0.717, 1.165) is 0 Å². The van der Waals surface area contributed by atoms with Gasteiger partial charge in [0.1, 0.15) is 5.82 Å². The molecule has 100 valence electrons. The molecule has 2 amide bonds. The zero-order valence-electron chi connectivity index (χ0n) is 11.2. The first-order chi connectivity index (χ1) is 8.30. The van der Waals surface area contributed by atoms with E-state index in [1.54, 1.807) is 33.2 Å². The number of H-pyrrole nitrogens is 1. The number of amides is 2. The van der Waals surface area contributed by atoms with E-state index in [2.05, 4.69) is 20.6 Å². The third-order valence-corrected chi connectivity index (χ3v) is 2.40. The summed E-state index contributed by atoms with van der Waals surface area (Å²) in [5.74, 6) is 0.297. The third-order valence-electron chi connectivity index (χ3n) is 2.40. The van der Waals surface area contributed by atoms with Crippen LogP contribution in [-0.4, -0.2) is 28.3 Å². The highest BCUT2D eigenvalue weighted by molar-refractivity contribution is 5.87. The van der Waals surface area contributed by atoms with Crippen LogP contribution in [0.15, 0.2) is 12.4 Å². The molecular formula is C12H20N4O2. The normalized spacial score (nSPS) is 12.9. The van der Waals surface area contributed by atoms with Gasteiger partial charge in [0.15, 0.2) is 0 Å². The van der Waals surface area contributed by atoms with E-state index >= 15 is 0 Å². The Labute approximate surface area is 107 Å². The molecule has 1 atom stereocenters. The molecule has 1 aromatic rings. The minimum Gasteiger partial charge on any atom is -0.347 e. The Morgan fingerprint density at radius 1 is 1.44 bits per heavy atom. The van der Waals surface area contributed by atoms with Crippen LogP contribution in [0.3, 0.4) is 0 Å². The van der Waals surface area contributed by atoms with E-state index in [9.17, 15) is 9.59 Å². The number of nitrogens with one attached hydrogen (secondary N) is 3. The molecule has 0 aliphatic rings. The van der Waals surface area contributed by atoms with Gasteiger partial charge in [-0.1, -0.05) is 20.8 Å². The van der Waals surface area contributed by atoms with Crippen LogP contribution in [0.1, 0.15) is 39.6 Å². The minimum atomic E-state index is -0.493. The van der Waals surface area contributed by atoms with Crippen LogP contribution in [0, 0.1) is 5.41 Å². The van der Waals surface area contributed by atoms with Crippen molar-refractivity contribution < 1.29 is 9.59 Å². The van der Waals surface area contributed by atoms with E-state index in [4.69, 9.17) is 0 Å². The zero-order valence-corrected chi connectivity index (χ0v) is 11.2. The summed E-state index contributed by atoms with van der Waals surface area (Å²) in [6.07, 6.45) is 3.32. The first kappa shape index (κ1) is 14.2. The Bertz CT molecular complexity index is 406. The van der Waals surface area contributed by atoms with Crippen molar-refractivity contribution in [3.8, 4) is 0 Å². The van der Waals surface area contributed by atoms with Crippen molar-refractivity contribution in [3.05, 3.63) is 18.2 Å². The van der Waals surface area contributed by atoms with Gasteiger partial charge in [0.25, 0.3) is 0 Å². The highest BCUT2D eigenvalue weighted by Gasteiger charge is 2.21. The molecule has 18 heavy (non-hydrogen) atoms. The van der Waals surface area contributed by atoms with E-state index < -0.39 is 5.41 Å². The molecular weight excluding hydrogens is 232 g/mol. The molecule has 0 fully saturated rings. The maximum absolute atomic E-state index is 11.6. The van der Waals surface area contributed by atoms with Crippen LogP contribution in [0.4, 0.5) is 0 Å². The van der Waals surface area contributed by atoms with Crippen LogP contribution < -0.4 is 10.6 Å². The second kappa shape index (κ2) is 5.66. The molecule has 3 N–H and O–H groups in total. The van der Waals surface area contributed by atoms with E-state index in [0.29, 0.717) is 5.82 Å². The number of aromatic amines is 1. The van der Waals surface area contributed by atoms with Gasteiger partial charge in [-0.15, -0.1) is 0 Å². The van der Waals surface area contributed by atoms with Gasteiger partial charge in [-0.05, 0) is 6.92 Å². The second-order valence-corrected chi connectivity index (χ2v) is 5.20. The van der Waals surface area contributed by atoms with Gasteiger partial charge in [-0.3, -0.25) is 9.59 Å². The summed E-state index contributed by atoms with van der Waals surface area (Å²) < 4.78 is 0. The zero-order chi connectivity index (χ0) is 13.8. The summed E-state index contributed by atoms with van der Waals surface area (Å²) in [7, 11) is 0. The molecule has 1 rings (SSSR count). The summed E-state index contributed by atoms with van der Waals surface area (Å²) in [4.78, 5) is 30.2. The van der Waals surface area contributed by atoms with Crippen LogP contribution in [-0.2, 0) is 9.59 Å². The quantitative estimate of drug-likeness (QED) is 0.739. The predicted octanol–water partition coefficient (Wildman–Crippen LogP) is 0.749. The Balaban J connectivity index is 2.37. The SMILES string of the molecule is CC(NC(=O)CNC(=O)C(C)(C)C)c1ncc[nH]1. The Hall–Kier alpha value is -1.85. The van der Waals surface area contributed by atoms with Crippen LogP contribution >= 0.6 is 0 Å². The molecule has 0 saturated carbocycles. The van der Waals surface area contributed by atoms with Gasteiger partial charge in [-0.25, -0.2) is 4.98 Å². The summed E-state index contributed by atoms with van der Waals surface area (Å²) in [5, 5.41) is 5.33. The summed E-state index contributed by atoms with van der Waals surface area (Å²) in [6, 6.07) is -0.209. The maximum atomic E-state index is 11.6. The molecule has 0 bridgehead atoms. The topological polar surface area (TPSA) is 86.9 Å². The molecule has 6 heteroatoms. The fraction of sp³-hybridized carbons (Fsp3) is 0.583. The van der Waals surface area contributed by atoms with Gasteiger partial charge < -0.3 is 15.6 Å². The van der Waals surface area contributed by atoms with Gasteiger partial charge >= 0.3 is 0 Å². The monoisotopic (exact) mass is 252 g/mol. The lowest BCUT2D eigenvalue weighted by atomic mass is 9.96. The molecule has 0 aliphatic heterocycles. The van der Waals surface area contributed by atoms with Crippen LogP contribution in [0.5, 0.6) is 0 Å². The highest BCUT2D eigenvalue weighted by Crippen LogP contribution is 2.12. The largest absolute Gasteiger partial charge is 0.347 e. The van der Waals surface area contributed by atoms with E-state index in [1.165, 1.54) is 0 Å². The molecule has 1 aromatic heterocycles. The van der Waals surface area contributed by atoms with Crippen molar-refractivity contribution in [1.29, 1.82) is 0 Å². The number of imidazole rings is 1. The summed E-state index contributed by atoms with van der Waals surface area (Å²) in [5.41, 5.74) is -0.493. The molecule has 0 aliphatic carbocycles. The number of carbonyl (C=O) groups excluding carboxylic acids is 2. The summed E-state index contributed by atoms with van der Waals surface area (Å²) >= 11 is 0. The molecule has 0 saturated heterocycles. The van der Waals surface area contributed by atoms with Crippen molar-refractivity contribution in [2.75, 3.05) is 6.54 Å².